The van der Waals surface area contributed by atoms with E-state index in [1.165, 1.54) is 58.7 Å². The second-order valence-electron chi connectivity index (χ2n) is 17.1. The lowest BCUT2D eigenvalue weighted by atomic mass is 9.55. The maximum Gasteiger partial charge on any atom is 0.0708 e. The van der Waals surface area contributed by atoms with Crippen molar-refractivity contribution in [3.8, 4) is 22.4 Å². The van der Waals surface area contributed by atoms with E-state index >= 15 is 0 Å². The molecular formula is C41H51N. The summed E-state index contributed by atoms with van der Waals surface area (Å²) < 4.78 is 0. The van der Waals surface area contributed by atoms with Crippen molar-refractivity contribution in [1.82, 2.24) is 4.98 Å². The SMILES string of the molecule is CC(C)(C)c1cc(-c2cc(-c3c4c(cc5c3C(C)(C)CCC5(C)C)C(C)(C)CCC4(C)C)ccn2)cc2ccccc12. The third-order valence-corrected chi connectivity index (χ3v) is 10.9. The Balaban J connectivity index is 1.68. The van der Waals surface area contributed by atoms with Gasteiger partial charge in [-0.2, -0.15) is 0 Å². The van der Waals surface area contributed by atoms with E-state index in [2.05, 4.69) is 137 Å². The molecular weight excluding hydrogens is 506 g/mol. The Kier molecular flexibility index (Phi) is 6.44. The van der Waals surface area contributed by atoms with Gasteiger partial charge in [-0.3, -0.25) is 4.98 Å². The molecule has 0 unspecified atom stereocenters. The monoisotopic (exact) mass is 557 g/mol. The summed E-state index contributed by atoms with van der Waals surface area (Å²) in [5, 5.41) is 2.62. The summed E-state index contributed by atoms with van der Waals surface area (Å²) in [6.07, 6.45) is 6.93. The van der Waals surface area contributed by atoms with E-state index in [1.807, 2.05) is 0 Å². The van der Waals surface area contributed by atoms with E-state index in [1.54, 1.807) is 22.3 Å². The average molecular weight is 558 g/mol. The van der Waals surface area contributed by atoms with E-state index < -0.39 is 0 Å². The first kappa shape index (κ1) is 29.2. The number of fused-ring (bicyclic) bond motifs is 3. The van der Waals surface area contributed by atoms with Crippen LogP contribution < -0.4 is 0 Å². The van der Waals surface area contributed by atoms with Gasteiger partial charge in [0.05, 0.1) is 5.69 Å². The van der Waals surface area contributed by atoms with Crippen molar-refractivity contribution >= 4 is 10.8 Å². The van der Waals surface area contributed by atoms with E-state index in [-0.39, 0.29) is 27.1 Å². The normalized spacial score (nSPS) is 20.2. The molecule has 6 rings (SSSR count). The molecule has 0 saturated heterocycles. The van der Waals surface area contributed by atoms with E-state index in [9.17, 15) is 0 Å². The summed E-state index contributed by atoms with van der Waals surface area (Å²) >= 11 is 0. The summed E-state index contributed by atoms with van der Waals surface area (Å²) in [6, 6.07) is 20.9. The fourth-order valence-corrected chi connectivity index (χ4v) is 8.04. The molecule has 2 aliphatic carbocycles. The van der Waals surface area contributed by atoms with Crippen molar-refractivity contribution in [1.29, 1.82) is 0 Å². The largest absolute Gasteiger partial charge is 0.256 e. The minimum absolute atomic E-state index is 0.0377. The van der Waals surface area contributed by atoms with Crippen LogP contribution in [0.5, 0.6) is 0 Å². The van der Waals surface area contributed by atoms with Crippen molar-refractivity contribution in [3.63, 3.8) is 0 Å². The molecule has 42 heavy (non-hydrogen) atoms. The molecule has 2 aliphatic rings. The van der Waals surface area contributed by atoms with Gasteiger partial charge in [-0.1, -0.05) is 106 Å². The number of hydrogen-bond acceptors (Lipinski definition) is 1. The van der Waals surface area contributed by atoms with Gasteiger partial charge >= 0.3 is 0 Å². The third kappa shape index (κ3) is 4.63. The van der Waals surface area contributed by atoms with Gasteiger partial charge in [0.1, 0.15) is 0 Å². The zero-order chi connectivity index (χ0) is 30.5. The number of benzene rings is 3. The van der Waals surface area contributed by atoms with Crippen molar-refractivity contribution in [2.45, 2.75) is 129 Å². The van der Waals surface area contributed by atoms with Gasteiger partial charge in [-0.25, -0.2) is 0 Å². The molecule has 0 saturated carbocycles. The van der Waals surface area contributed by atoms with E-state index in [0.29, 0.717) is 0 Å². The van der Waals surface area contributed by atoms with Gasteiger partial charge in [0.2, 0.25) is 0 Å². The minimum atomic E-state index is 0.0377. The lowest BCUT2D eigenvalue weighted by Crippen LogP contribution is -2.40. The smallest absolute Gasteiger partial charge is 0.0708 e. The standard InChI is InChI=1S/C41H51N/c1-37(2,3)30-23-28(22-26-14-12-13-15-29(26)30)33-24-27(16-21-42-33)34-35-31(38(4,5)17-19-40(35,8)9)25-32-36(34)41(10,11)20-18-39(32,6)7/h12-16,21-25H,17-20H2,1-11H3. The molecule has 0 N–H and O–H groups in total. The predicted octanol–water partition coefficient (Wildman–Crippen LogP) is 11.6. The lowest BCUT2D eigenvalue weighted by molar-refractivity contribution is 0.314. The predicted molar refractivity (Wildman–Crippen MR) is 182 cm³/mol. The van der Waals surface area contributed by atoms with Crippen molar-refractivity contribution in [2.75, 3.05) is 0 Å². The Morgan fingerprint density at radius 1 is 0.595 bits per heavy atom. The van der Waals surface area contributed by atoms with Gasteiger partial charge < -0.3 is 0 Å². The van der Waals surface area contributed by atoms with Crippen molar-refractivity contribution < 1.29 is 0 Å². The first-order valence-corrected chi connectivity index (χ1v) is 16.2. The maximum atomic E-state index is 5.02. The van der Waals surface area contributed by atoms with Gasteiger partial charge in [-0.15, -0.1) is 0 Å². The molecule has 0 fully saturated rings. The molecule has 1 heterocycles. The Hall–Kier alpha value is -2.93. The second-order valence-corrected chi connectivity index (χ2v) is 17.1. The summed E-state index contributed by atoms with van der Waals surface area (Å²) in [6.45, 7) is 26.8. The molecule has 0 spiro atoms. The highest BCUT2D eigenvalue weighted by molar-refractivity contribution is 5.91. The summed E-state index contributed by atoms with van der Waals surface area (Å²) in [5.74, 6) is 0. The minimum Gasteiger partial charge on any atom is -0.256 e. The molecule has 0 radical (unpaired) electrons. The lowest BCUT2D eigenvalue weighted by Gasteiger charge is -2.49. The molecule has 1 heteroatoms. The Morgan fingerprint density at radius 2 is 1.14 bits per heavy atom. The molecule has 4 aromatic rings. The van der Waals surface area contributed by atoms with Crippen LogP contribution in [0, 0.1) is 0 Å². The van der Waals surface area contributed by atoms with Crippen LogP contribution in [0.3, 0.4) is 0 Å². The van der Waals surface area contributed by atoms with Crippen LogP contribution in [0.25, 0.3) is 33.2 Å². The topological polar surface area (TPSA) is 12.9 Å². The first-order chi connectivity index (χ1) is 19.4. The molecule has 1 nitrogen and oxygen atoms in total. The number of aromatic nitrogens is 1. The molecule has 1 aromatic heterocycles. The van der Waals surface area contributed by atoms with Crippen LogP contribution in [0.4, 0.5) is 0 Å². The zero-order valence-corrected chi connectivity index (χ0v) is 28.0. The summed E-state index contributed by atoms with van der Waals surface area (Å²) in [4.78, 5) is 5.02. The number of nitrogens with zero attached hydrogens (tertiary/aromatic N) is 1. The zero-order valence-electron chi connectivity index (χ0n) is 28.0. The summed E-state index contributed by atoms with van der Waals surface area (Å²) in [7, 11) is 0. The van der Waals surface area contributed by atoms with Crippen LogP contribution in [0.15, 0.2) is 60.8 Å². The van der Waals surface area contributed by atoms with Crippen molar-refractivity contribution in [2.24, 2.45) is 0 Å². The fourth-order valence-electron chi connectivity index (χ4n) is 8.04. The maximum absolute atomic E-state index is 5.02. The highest BCUT2D eigenvalue weighted by Crippen LogP contribution is 2.57. The summed E-state index contributed by atoms with van der Waals surface area (Å²) in [5.41, 5.74) is 13.3. The Morgan fingerprint density at radius 3 is 1.71 bits per heavy atom. The fraction of sp³-hybridized carbons (Fsp3) is 0.488. The average Bonchev–Trinajstić information content (AvgIpc) is 2.92. The quantitative estimate of drug-likeness (QED) is 0.239. The Bertz CT molecular complexity index is 1650. The van der Waals surface area contributed by atoms with Gasteiger partial charge in [-0.05, 0) is 127 Å². The van der Waals surface area contributed by atoms with Gasteiger partial charge in [0.25, 0.3) is 0 Å². The van der Waals surface area contributed by atoms with Gasteiger partial charge in [0, 0.05) is 11.8 Å². The molecule has 3 aromatic carbocycles. The molecule has 220 valence electrons. The number of hydrogen-bond donors (Lipinski definition) is 0. The molecule has 0 aliphatic heterocycles. The van der Waals surface area contributed by atoms with Crippen LogP contribution in [-0.2, 0) is 27.1 Å². The second kappa shape index (κ2) is 9.28. The molecule has 0 amide bonds. The molecule has 0 atom stereocenters. The van der Waals surface area contributed by atoms with Crippen LogP contribution in [-0.4, -0.2) is 4.98 Å². The van der Waals surface area contributed by atoms with Gasteiger partial charge in [0.15, 0.2) is 0 Å². The van der Waals surface area contributed by atoms with Crippen LogP contribution in [0.1, 0.15) is 130 Å². The highest BCUT2D eigenvalue weighted by atomic mass is 14.7. The molecule has 0 bridgehead atoms. The van der Waals surface area contributed by atoms with E-state index in [0.717, 1.165) is 5.69 Å². The first-order valence-electron chi connectivity index (χ1n) is 16.2. The van der Waals surface area contributed by atoms with Crippen molar-refractivity contribution in [3.05, 3.63) is 88.6 Å². The Labute approximate surface area is 255 Å². The number of pyridine rings is 1. The van der Waals surface area contributed by atoms with E-state index in [4.69, 9.17) is 4.98 Å². The third-order valence-electron chi connectivity index (χ3n) is 10.9. The van der Waals surface area contributed by atoms with Crippen LogP contribution >= 0.6 is 0 Å². The highest BCUT2D eigenvalue weighted by Gasteiger charge is 2.46. The van der Waals surface area contributed by atoms with Crippen LogP contribution in [0.2, 0.25) is 0 Å². The number of rotatable bonds is 2.